The Morgan fingerprint density at radius 1 is 1.11 bits per heavy atom. The fourth-order valence-corrected chi connectivity index (χ4v) is 7.53. The molecule has 0 radical (unpaired) electrons. The molecule has 7 rings (SSSR count). The zero-order valence-electron chi connectivity index (χ0n) is 22.1. The van der Waals surface area contributed by atoms with E-state index in [4.69, 9.17) is 45.1 Å². The highest BCUT2D eigenvalue weighted by atomic mass is 32.5. The number of fused-ring (bicyclic) bond motifs is 5. The van der Waals surface area contributed by atoms with Crippen LogP contribution < -0.4 is 16.9 Å². The van der Waals surface area contributed by atoms with Gasteiger partial charge in [0.1, 0.15) is 24.9 Å². The number of hydrogen-bond acceptors (Lipinski definition) is 16. The highest BCUT2D eigenvalue weighted by molar-refractivity contribution is 8.07. The van der Waals surface area contributed by atoms with Crippen LogP contribution in [0, 0.1) is 0 Å². The summed E-state index contributed by atoms with van der Waals surface area (Å²) in [5.41, 5.74) is 3.13. The molecule has 0 amide bonds. The molecule has 4 aromatic rings. The Morgan fingerprint density at radius 2 is 1.89 bits per heavy atom. The Kier molecular flexibility index (Phi) is 7.25. The first kappa shape index (κ1) is 30.5. The van der Waals surface area contributed by atoms with Gasteiger partial charge in [-0.2, -0.15) is 9.67 Å². The molecule has 7 heterocycles. The molecule has 45 heavy (non-hydrogen) atoms. The van der Waals surface area contributed by atoms with Crippen LogP contribution >= 0.6 is 14.5 Å². The number of nitrogens with zero attached hydrogens (tertiary/aromatic N) is 7. The Labute approximate surface area is 251 Å². The lowest BCUT2D eigenvalue weighted by molar-refractivity contribution is -0.0718. The molecule has 3 aliphatic rings. The largest absolute Gasteiger partial charge is 0.472 e. The second-order valence-electron chi connectivity index (χ2n) is 9.98. The highest BCUT2D eigenvalue weighted by Crippen LogP contribution is 2.55. The van der Waals surface area contributed by atoms with E-state index in [1.165, 1.54) is 0 Å². The third kappa shape index (κ3) is 5.20. The van der Waals surface area contributed by atoms with Gasteiger partial charge in [-0.05, 0) is 11.8 Å². The first-order valence-electron chi connectivity index (χ1n) is 12.7. The maximum atomic E-state index is 16.7. The molecule has 0 saturated carbocycles. The summed E-state index contributed by atoms with van der Waals surface area (Å²) < 4.78 is 79.5. The average Bonchev–Trinajstić information content (AvgIpc) is 3.73. The zero-order valence-corrected chi connectivity index (χ0v) is 24.7. The van der Waals surface area contributed by atoms with E-state index in [2.05, 4.69) is 35.2 Å². The molecule has 0 aromatic carbocycles. The van der Waals surface area contributed by atoms with Crippen LogP contribution in [0.3, 0.4) is 0 Å². The molecule has 3 fully saturated rings. The normalized spacial score (nSPS) is 37.7. The number of rotatable bonds is 2. The highest BCUT2D eigenvalue weighted by Gasteiger charge is 2.59. The summed E-state index contributed by atoms with van der Waals surface area (Å²) >= 11 is 5.10. The molecule has 21 nitrogen and oxygen atoms in total. The molecule has 9 atom stereocenters. The zero-order chi connectivity index (χ0) is 31.9. The van der Waals surface area contributed by atoms with Crippen molar-refractivity contribution in [3.63, 3.8) is 0 Å². The topological polar surface area (TPSA) is 279 Å². The Morgan fingerprint density at radius 3 is 2.69 bits per heavy atom. The van der Waals surface area contributed by atoms with Gasteiger partial charge >= 0.3 is 14.5 Å². The van der Waals surface area contributed by atoms with Crippen molar-refractivity contribution in [2.24, 2.45) is 0 Å². The first-order chi connectivity index (χ1) is 21.3. The van der Waals surface area contributed by atoms with Gasteiger partial charge < -0.3 is 34.5 Å². The van der Waals surface area contributed by atoms with Gasteiger partial charge in [-0.15, -0.1) is 5.10 Å². The van der Waals surface area contributed by atoms with E-state index >= 15 is 8.78 Å². The van der Waals surface area contributed by atoms with E-state index in [0.717, 1.165) is 17.2 Å². The summed E-state index contributed by atoms with van der Waals surface area (Å²) in [4.78, 5) is 62.2. The van der Waals surface area contributed by atoms with Crippen molar-refractivity contribution in [1.29, 1.82) is 0 Å². The smallest absolute Gasteiger partial charge is 0.369 e. The van der Waals surface area contributed by atoms with Crippen LogP contribution in [0.5, 0.6) is 0 Å². The number of nitrogen functional groups attached to an aromatic ring is 1. The number of halogens is 2. The number of hydrogen-bond donors (Lipinski definition) is 5. The number of phosphoric ester groups is 1. The number of imidazole rings is 1. The number of aromatic amines is 2. The monoisotopic (exact) mass is 696 g/mol. The molecule has 2 bridgehead atoms. The number of H-pyrrole nitrogens is 2. The Hall–Kier alpha value is -3.15. The Balaban J connectivity index is 1.23. The van der Waals surface area contributed by atoms with Crippen molar-refractivity contribution in [2.75, 3.05) is 25.6 Å². The number of aromatic nitrogens is 9. The van der Waals surface area contributed by atoms with Crippen molar-refractivity contribution in [3.05, 3.63) is 33.4 Å². The Bertz CT molecular complexity index is 2030. The minimum Gasteiger partial charge on any atom is -0.369 e. The van der Waals surface area contributed by atoms with Crippen LogP contribution in [0.1, 0.15) is 6.23 Å². The van der Waals surface area contributed by atoms with Crippen LogP contribution in [0.15, 0.2) is 22.2 Å². The van der Waals surface area contributed by atoms with E-state index in [1.54, 1.807) is 0 Å². The van der Waals surface area contributed by atoms with Crippen molar-refractivity contribution >= 4 is 54.6 Å². The van der Waals surface area contributed by atoms with Crippen LogP contribution in [0.2, 0.25) is 0 Å². The lowest BCUT2D eigenvalue weighted by Crippen LogP contribution is -2.46. The van der Waals surface area contributed by atoms with E-state index < -0.39 is 88.1 Å². The van der Waals surface area contributed by atoms with Gasteiger partial charge in [0.15, 0.2) is 40.8 Å². The lowest BCUT2D eigenvalue weighted by atomic mass is 10.1. The fraction of sp³-hybridized carbons (Fsp3) is 0.526. The maximum Gasteiger partial charge on any atom is 0.472 e. The fourth-order valence-electron chi connectivity index (χ4n) is 5.14. The van der Waals surface area contributed by atoms with Gasteiger partial charge in [0.2, 0.25) is 5.95 Å². The van der Waals surface area contributed by atoms with E-state index in [9.17, 15) is 23.9 Å². The molecule has 3 saturated heterocycles. The van der Waals surface area contributed by atoms with Crippen molar-refractivity contribution < 1.29 is 50.7 Å². The van der Waals surface area contributed by atoms with Crippen LogP contribution in [-0.4, -0.2) is 105 Å². The van der Waals surface area contributed by atoms with Gasteiger partial charge in [0.25, 0.3) is 16.9 Å². The molecule has 242 valence electrons. The summed E-state index contributed by atoms with van der Waals surface area (Å²) in [6.07, 6.45) is -8.82. The minimum absolute atomic E-state index is 0.147. The van der Waals surface area contributed by atoms with Gasteiger partial charge in [0, 0.05) is 0 Å². The first-order valence-corrected chi connectivity index (χ1v) is 16.8. The van der Waals surface area contributed by atoms with Gasteiger partial charge in [-0.1, -0.05) is 5.21 Å². The SMILES string of the molecule is Nc1nc2c(ncn2C2O[C@@H]3COP(=O)(O)O[C@@H]4[C@@H](COP(O)(=S)O[C@@H]2[C@@H]3F)OC[C@@]4(F)n2nnc3c(=O)[nH]cnc32)c(=O)[nH]1. The summed E-state index contributed by atoms with van der Waals surface area (Å²) in [5, 5.41) is 7.23. The van der Waals surface area contributed by atoms with Crippen LogP contribution in [-0.2, 0) is 49.7 Å². The molecule has 0 spiro atoms. The minimum atomic E-state index is -5.28. The number of phosphoric acid groups is 1. The predicted molar refractivity (Wildman–Crippen MR) is 144 cm³/mol. The molecule has 26 heteroatoms. The third-order valence-corrected chi connectivity index (χ3v) is 9.69. The second-order valence-corrected chi connectivity index (χ2v) is 14.2. The number of anilines is 1. The molecular weight excluding hydrogens is 676 g/mol. The van der Waals surface area contributed by atoms with Crippen LogP contribution in [0.4, 0.5) is 14.7 Å². The standard InChI is InChI=1S/C19H20F2N10O11P2S/c20-8-6-1-38-43(34,35)42-12-7(37-3-19(12,21)31-13-10(28-29-31)15(32)24-4-23-13)2-39-44(36,45)41-11(8)17(40-6)30-5-25-9-14(30)26-18(22)27-16(9)33/h4-8,11-12,17H,1-3H2,(H,34,35)(H,36,45)(H,23,24,32)(H3,22,26,27,33)/t6-,7-,8-,11-,12-,17?,19-,44?/m1/s1. The molecule has 3 unspecified atom stereocenters. The second kappa shape index (κ2) is 10.7. The van der Waals surface area contributed by atoms with Crippen molar-refractivity contribution in [1.82, 2.24) is 44.5 Å². The van der Waals surface area contributed by atoms with Gasteiger partial charge in [-0.3, -0.25) is 32.7 Å². The average molecular weight is 696 g/mol. The third-order valence-electron chi connectivity index (χ3n) is 7.16. The summed E-state index contributed by atoms with van der Waals surface area (Å²) in [7, 11) is -5.28. The number of nitrogens with one attached hydrogen (secondary N) is 2. The van der Waals surface area contributed by atoms with Gasteiger partial charge in [-0.25, -0.2) is 23.3 Å². The maximum absolute atomic E-state index is 16.7. The summed E-state index contributed by atoms with van der Waals surface area (Å²) in [6.45, 7) is -7.11. The molecule has 0 aliphatic carbocycles. The van der Waals surface area contributed by atoms with E-state index in [0.29, 0.717) is 4.68 Å². The lowest BCUT2D eigenvalue weighted by Gasteiger charge is -2.30. The summed E-state index contributed by atoms with van der Waals surface area (Å²) in [5.74, 6) is -3.24. The van der Waals surface area contributed by atoms with E-state index in [-0.39, 0.29) is 28.3 Å². The van der Waals surface area contributed by atoms with E-state index in [1.807, 2.05) is 0 Å². The molecular formula is C19H20F2N10O11P2S. The van der Waals surface area contributed by atoms with Crippen LogP contribution in [0.25, 0.3) is 22.3 Å². The summed E-state index contributed by atoms with van der Waals surface area (Å²) in [6, 6.07) is 0. The quantitative estimate of drug-likeness (QED) is 0.151. The van der Waals surface area contributed by atoms with Crippen molar-refractivity contribution in [2.45, 2.75) is 42.6 Å². The molecule has 6 N–H and O–H groups in total. The number of nitrogens with two attached hydrogens (primary N) is 1. The number of ether oxygens (including phenoxy) is 2. The van der Waals surface area contributed by atoms with Gasteiger partial charge in [0.05, 0.1) is 25.9 Å². The molecule has 3 aliphatic heterocycles. The number of alkyl halides is 2. The predicted octanol–water partition coefficient (Wildman–Crippen LogP) is -1.38. The van der Waals surface area contributed by atoms with Crippen molar-refractivity contribution in [3.8, 4) is 0 Å². The molecule has 4 aromatic heterocycles.